The van der Waals surface area contributed by atoms with Gasteiger partial charge in [-0.15, -0.1) is 0 Å². The number of non-ortho nitro benzene ring substituents is 1. The Labute approximate surface area is 170 Å². The summed E-state index contributed by atoms with van der Waals surface area (Å²) in [5, 5.41) is 18.0. The van der Waals surface area contributed by atoms with Crippen LogP contribution < -0.4 is 15.4 Å². The van der Waals surface area contributed by atoms with Gasteiger partial charge in [0, 0.05) is 30.2 Å². The van der Waals surface area contributed by atoms with Crippen molar-refractivity contribution >= 4 is 11.6 Å². The normalized spacial score (nSPS) is 19.3. The Hall–Kier alpha value is -3.09. The molecule has 2 aromatic rings. The fraction of sp³-hybridized carbons (Fsp3) is 0.409. The Morgan fingerprint density at radius 1 is 1.07 bits per heavy atom. The van der Waals surface area contributed by atoms with Gasteiger partial charge in [0.05, 0.1) is 24.1 Å². The van der Waals surface area contributed by atoms with Crippen molar-refractivity contribution in [2.24, 2.45) is 4.99 Å². The van der Waals surface area contributed by atoms with E-state index in [4.69, 9.17) is 9.73 Å². The molecule has 2 aromatic carbocycles. The minimum atomic E-state index is -0.385. The van der Waals surface area contributed by atoms with Crippen LogP contribution >= 0.6 is 0 Å². The summed E-state index contributed by atoms with van der Waals surface area (Å²) in [4.78, 5) is 15.2. The lowest BCUT2D eigenvalue weighted by Crippen LogP contribution is -2.44. The zero-order valence-electron chi connectivity index (χ0n) is 16.3. The van der Waals surface area contributed by atoms with Gasteiger partial charge in [0.2, 0.25) is 0 Å². The number of hydrogen-bond acceptors (Lipinski definition) is 4. The van der Waals surface area contributed by atoms with Crippen molar-refractivity contribution in [2.75, 3.05) is 6.61 Å². The van der Waals surface area contributed by atoms with Gasteiger partial charge in [-0.1, -0.05) is 43.2 Å². The van der Waals surface area contributed by atoms with Gasteiger partial charge in [0.1, 0.15) is 5.75 Å². The number of guanidine groups is 1. The van der Waals surface area contributed by atoms with Crippen molar-refractivity contribution in [3.63, 3.8) is 0 Å². The Morgan fingerprint density at radius 3 is 2.59 bits per heavy atom. The number of nitro benzene ring substituents is 1. The molecule has 1 atom stereocenters. The molecule has 7 heteroatoms. The molecule has 0 radical (unpaired) electrons. The lowest BCUT2D eigenvalue weighted by atomic mass is 10.0. The fourth-order valence-corrected chi connectivity index (χ4v) is 3.95. The van der Waals surface area contributed by atoms with Gasteiger partial charge in [0.25, 0.3) is 5.69 Å². The average molecular weight is 394 g/mol. The number of ether oxygens (including phenoxy) is 1. The maximum atomic E-state index is 10.8. The predicted molar refractivity (Wildman–Crippen MR) is 112 cm³/mol. The van der Waals surface area contributed by atoms with E-state index < -0.39 is 0 Å². The molecule has 0 spiro atoms. The van der Waals surface area contributed by atoms with E-state index in [2.05, 4.69) is 16.7 Å². The van der Waals surface area contributed by atoms with Gasteiger partial charge in [-0.3, -0.25) is 10.1 Å². The molecule has 1 unspecified atom stereocenters. The van der Waals surface area contributed by atoms with E-state index in [0.717, 1.165) is 42.1 Å². The fourth-order valence-electron chi connectivity index (χ4n) is 3.95. The monoisotopic (exact) mass is 394 g/mol. The second kappa shape index (κ2) is 8.94. The number of nitrogens with one attached hydrogen (secondary N) is 2. The summed E-state index contributed by atoms with van der Waals surface area (Å²) >= 11 is 0. The number of fused-ring (bicyclic) bond motifs is 1. The summed E-state index contributed by atoms with van der Waals surface area (Å²) in [6.07, 6.45) is 5.67. The zero-order valence-corrected chi connectivity index (χ0v) is 16.3. The Morgan fingerprint density at radius 2 is 1.83 bits per heavy atom. The summed E-state index contributed by atoms with van der Waals surface area (Å²) < 4.78 is 5.77. The van der Waals surface area contributed by atoms with Crippen molar-refractivity contribution in [1.29, 1.82) is 0 Å². The van der Waals surface area contributed by atoms with Gasteiger partial charge in [0.15, 0.2) is 5.96 Å². The first-order valence-corrected chi connectivity index (χ1v) is 10.2. The van der Waals surface area contributed by atoms with E-state index in [-0.39, 0.29) is 16.7 Å². The quantitative estimate of drug-likeness (QED) is 0.345. The number of para-hydroxylation sites is 1. The average Bonchev–Trinajstić information content (AvgIpc) is 3.25. The molecule has 152 valence electrons. The minimum Gasteiger partial charge on any atom is -0.493 e. The lowest BCUT2D eigenvalue weighted by Gasteiger charge is -2.29. The van der Waals surface area contributed by atoms with E-state index in [1.807, 2.05) is 18.2 Å². The smallest absolute Gasteiger partial charge is 0.269 e. The van der Waals surface area contributed by atoms with Gasteiger partial charge in [-0.25, -0.2) is 4.99 Å². The lowest BCUT2D eigenvalue weighted by molar-refractivity contribution is -0.384. The number of nitro groups is 1. The topological polar surface area (TPSA) is 88.8 Å². The Kier molecular flexibility index (Phi) is 5.93. The molecule has 1 fully saturated rings. The largest absolute Gasteiger partial charge is 0.493 e. The summed E-state index contributed by atoms with van der Waals surface area (Å²) in [6, 6.07) is 15.3. The number of benzene rings is 2. The minimum absolute atomic E-state index is 0.0963. The van der Waals surface area contributed by atoms with Crippen LogP contribution in [0.2, 0.25) is 0 Å². The molecule has 1 aliphatic heterocycles. The van der Waals surface area contributed by atoms with Crippen LogP contribution in [0.4, 0.5) is 5.69 Å². The van der Waals surface area contributed by atoms with E-state index in [1.165, 1.54) is 25.0 Å². The van der Waals surface area contributed by atoms with Gasteiger partial charge in [-0.05, 0) is 24.5 Å². The van der Waals surface area contributed by atoms with E-state index in [0.29, 0.717) is 19.2 Å². The molecule has 0 saturated heterocycles. The molecule has 1 saturated carbocycles. The Bertz CT molecular complexity index is 876. The third kappa shape index (κ3) is 4.85. The summed E-state index contributed by atoms with van der Waals surface area (Å²) in [6.45, 7) is 1.14. The van der Waals surface area contributed by atoms with Crippen molar-refractivity contribution in [2.45, 2.75) is 50.7 Å². The molecule has 0 bridgehead atoms. The standard InChI is InChI=1S/C22H26N4O3/c27-26(28)18-11-9-16(10-12-18)15-23-22(24-17-5-1-2-6-17)25-20-13-14-29-21-8-4-3-7-19(20)21/h3-4,7-12,17,20H,1-2,5-6,13-15H2,(H2,23,24,25). The third-order valence-electron chi connectivity index (χ3n) is 5.53. The summed E-state index contributed by atoms with van der Waals surface area (Å²) in [5.41, 5.74) is 2.18. The number of hydrogen-bond donors (Lipinski definition) is 2. The van der Waals surface area contributed by atoms with Crippen molar-refractivity contribution in [1.82, 2.24) is 10.6 Å². The van der Waals surface area contributed by atoms with Crippen LogP contribution in [0.3, 0.4) is 0 Å². The summed E-state index contributed by atoms with van der Waals surface area (Å²) in [7, 11) is 0. The molecule has 1 aliphatic carbocycles. The predicted octanol–water partition coefficient (Wildman–Crippen LogP) is 4.10. The van der Waals surface area contributed by atoms with E-state index in [9.17, 15) is 10.1 Å². The number of aliphatic imine (C=N–C) groups is 1. The maximum absolute atomic E-state index is 10.8. The van der Waals surface area contributed by atoms with E-state index >= 15 is 0 Å². The molecular weight excluding hydrogens is 368 g/mol. The highest BCUT2D eigenvalue weighted by Crippen LogP contribution is 2.31. The van der Waals surface area contributed by atoms with Crippen LogP contribution in [-0.2, 0) is 6.54 Å². The first-order valence-electron chi connectivity index (χ1n) is 10.2. The van der Waals surface area contributed by atoms with Crippen LogP contribution in [0.15, 0.2) is 53.5 Å². The second-order valence-electron chi connectivity index (χ2n) is 7.59. The van der Waals surface area contributed by atoms with Crippen LogP contribution in [0.1, 0.15) is 49.3 Å². The summed E-state index contributed by atoms with van der Waals surface area (Å²) in [5.74, 6) is 1.71. The molecule has 2 aliphatic rings. The van der Waals surface area contributed by atoms with Gasteiger partial charge >= 0.3 is 0 Å². The molecule has 1 heterocycles. The highest BCUT2D eigenvalue weighted by atomic mass is 16.6. The zero-order chi connectivity index (χ0) is 20.1. The number of rotatable bonds is 5. The molecular formula is C22H26N4O3. The van der Waals surface area contributed by atoms with Crippen molar-refractivity contribution in [3.8, 4) is 5.75 Å². The van der Waals surface area contributed by atoms with Gasteiger partial charge < -0.3 is 15.4 Å². The molecule has 0 aromatic heterocycles. The van der Waals surface area contributed by atoms with Crippen molar-refractivity contribution < 1.29 is 9.66 Å². The number of nitrogens with zero attached hydrogens (tertiary/aromatic N) is 2. The SMILES string of the molecule is O=[N+]([O-])c1ccc(CN=C(NC2CCCC2)NC2CCOc3ccccc32)cc1. The van der Waals surface area contributed by atoms with Crippen LogP contribution in [-0.4, -0.2) is 23.5 Å². The van der Waals surface area contributed by atoms with Crippen LogP contribution in [0.25, 0.3) is 0 Å². The molecule has 0 amide bonds. The Balaban J connectivity index is 1.50. The third-order valence-corrected chi connectivity index (χ3v) is 5.53. The maximum Gasteiger partial charge on any atom is 0.269 e. The molecule has 2 N–H and O–H groups in total. The molecule has 7 nitrogen and oxygen atoms in total. The molecule has 4 rings (SSSR count). The van der Waals surface area contributed by atoms with Gasteiger partial charge in [-0.2, -0.15) is 0 Å². The van der Waals surface area contributed by atoms with Crippen LogP contribution in [0, 0.1) is 10.1 Å². The van der Waals surface area contributed by atoms with Crippen molar-refractivity contribution in [3.05, 3.63) is 69.8 Å². The highest BCUT2D eigenvalue weighted by Gasteiger charge is 2.23. The highest BCUT2D eigenvalue weighted by molar-refractivity contribution is 5.80. The second-order valence-corrected chi connectivity index (χ2v) is 7.59. The first kappa shape index (κ1) is 19.2. The first-order chi connectivity index (χ1) is 14.2. The van der Waals surface area contributed by atoms with Crippen LogP contribution in [0.5, 0.6) is 5.75 Å². The molecule has 29 heavy (non-hydrogen) atoms. The van der Waals surface area contributed by atoms with E-state index in [1.54, 1.807) is 12.1 Å².